The molecule has 4 nitrogen and oxygen atoms in total. The third-order valence-electron chi connectivity index (χ3n) is 3.59. The van der Waals surface area contributed by atoms with E-state index in [1.165, 1.54) is 12.1 Å². The van der Waals surface area contributed by atoms with Gasteiger partial charge in [0.15, 0.2) is 0 Å². The number of carbonyl (C=O) groups excluding carboxylic acids is 1. The molecule has 2 rings (SSSR count). The van der Waals surface area contributed by atoms with Crippen molar-refractivity contribution in [2.45, 2.75) is 19.8 Å². The zero-order chi connectivity index (χ0) is 16.8. The number of nitrogens with two attached hydrogens (primary N) is 1. The summed E-state index contributed by atoms with van der Waals surface area (Å²) in [7, 11) is 0. The molecule has 0 fully saturated rings. The number of ether oxygens (including phenoxy) is 1. The third kappa shape index (κ3) is 4.29. The average molecular weight is 316 g/mol. The number of benzene rings is 2. The fraction of sp³-hybridized carbons (Fsp3) is 0.278. The molecule has 0 aromatic heterocycles. The second-order valence-corrected chi connectivity index (χ2v) is 5.24. The van der Waals surface area contributed by atoms with E-state index in [-0.39, 0.29) is 18.3 Å². The molecule has 3 N–H and O–H groups in total. The summed E-state index contributed by atoms with van der Waals surface area (Å²) in [5.41, 5.74) is 8.02. The van der Waals surface area contributed by atoms with Crippen molar-refractivity contribution in [3.8, 4) is 5.75 Å². The quantitative estimate of drug-likeness (QED) is 0.860. The summed E-state index contributed by atoms with van der Waals surface area (Å²) in [4.78, 5) is 12.5. The number of carbonyl (C=O) groups is 1. The fourth-order valence-electron chi connectivity index (χ4n) is 2.34. The van der Waals surface area contributed by atoms with Crippen molar-refractivity contribution in [2.24, 2.45) is 5.73 Å². The third-order valence-corrected chi connectivity index (χ3v) is 3.59. The molecule has 0 spiro atoms. The van der Waals surface area contributed by atoms with Gasteiger partial charge in [0, 0.05) is 12.2 Å². The van der Waals surface area contributed by atoms with Crippen LogP contribution in [0.3, 0.4) is 0 Å². The summed E-state index contributed by atoms with van der Waals surface area (Å²) in [5, 5.41) is 2.88. The highest BCUT2D eigenvalue weighted by atomic mass is 19.1. The molecule has 2 aromatic carbocycles. The number of hydrogen-bond acceptors (Lipinski definition) is 3. The lowest BCUT2D eigenvalue weighted by Gasteiger charge is -2.17. The lowest BCUT2D eigenvalue weighted by atomic mass is 9.98. The van der Waals surface area contributed by atoms with Crippen molar-refractivity contribution in [1.82, 2.24) is 0 Å². The van der Waals surface area contributed by atoms with E-state index in [0.29, 0.717) is 17.9 Å². The predicted molar refractivity (Wildman–Crippen MR) is 89.2 cm³/mol. The van der Waals surface area contributed by atoms with Crippen LogP contribution in [0.25, 0.3) is 0 Å². The van der Waals surface area contributed by atoms with Crippen LogP contribution in [0.1, 0.15) is 24.0 Å². The highest BCUT2D eigenvalue weighted by molar-refractivity contribution is 5.96. The van der Waals surface area contributed by atoms with E-state index in [4.69, 9.17) is 10.5 Å². The summed E-state index contributed by atoms with van der Waals surface area (Å²) in [6.45, 7) is 4.55. The molecule has 0 saturated carbocycles. The Hall–Kier alpha value is -2.40. The molecule has 5 heteroatoms. The van der Waals surface area contributed by atoms with E-state index in [9.17, 15) is 9.18 Å². The van der Waals surface area contributed by atoms with E-state index in [1.807, 2.05) is 26.0 Å². The van der Waals surface area contributed by atoms with E-state index >= 15 is 0 Å². The SMILES string of the molecule is CCOc1ccc(NC(=O)C(CN)c2ccc(F)cc2)c(C)c1. The fourth-order valence-corrected chi connectivity index (χ4v) is 2.34. The normalized spacial score (nSPS) is 11.8. The summed E-state index contributed by atoms with van der Waals surface area (Å²) in [6, 6.07) is 11.3. The Labute approximate surface area is 135 Å². The molecule has 122 valence electrons. The molecule has 1 atom stereocenters. The molecule has 0 bridgehead atoms. The van der Waals surface area contributed by atoms with Gasteiger partial charge in [-0.25, -0.2) is 4.39 Å². The highest BCUT2D eigenvalue weighted by Gasteiger charge is 2.19. The number of nitrogens with one attached hydrogen (secondary N) is 1. The number of halogens is 1. The van der Waals surface area contributed by atoms with Crippen LogP contribution < -0.4 is 15.8 Å². The molecular formula is C18H21FN2O2. The molecule has 2 aromatic rings. The van der Waals surface area contributed by atoms with Gasteiger partial charge in [-0.1, -0.05) is 12.1 Å². The van der Waals surface area contributed by atoms with Gasteiger partial charge in [-0.3, -0.25) is 4.79 Å². The first-order valence-electron chi connectivity index (χ1n) is 7.55. The average Bonchev–Trinajstić information content (AvgIpc) is 2.53. The second kappa shape index (κ2) is 7.74. The van der Waals surface area contributed by atoms with Crippen molar-refractivity contribution in [2.75, 3.05) is 18.5 Å². The van der Waals surface area contributed by atoms with Gasteiger partial charge in [0.05, 0.1) is 12.5 Å². The summed E-state index contributed by atoms with van der Waals surface area (Å²) < 4.78 is 18.4. The minimum atomic E-state index is -0.526. The van der Waals surface area contributed by atoms with Crippen LogP contribution in [-0.4, -0.2) is 19.1 Å². The molecule has 1 amide bonds. The van der Waals surface area contributed by atoms with Crippen LogP contribution in [-0.2, 0) is 4.79 Å². The van der Waals surface area contributed by atoms with Crippen molar-refractivity contribution in [1.29, 1.82) is 0 Å². The number of aryl methyl sites for hydroxylation is 1. The van der Waals surface area contributed by atoms with Gasteiger partial charge < -0.3 is 15.8 Å². The summed E-state index contributed by atoms with van der Waals surface area (Å²) in [6.07, 6.45) is 0. The first-order chi connectivity index (χ1) is 11.0. The highest BCUT2D eigenvalue weighted by Crippen LogP contribution is 2.23. The predicted octanol–water partition coefficient (Wildman–Crippen LogP) is 3.21. The summed E-state index contributed by atoms with van der Waals surface area (Å²) in [5.74, 6) is -0.322. The van der Waals surface area contributed by atoms with Gasteiger partial charge in [-0.05, 0) is 55.3 Å². The second-order valence-electron chi connectivity index (χ2n) is 5.24. The molecule has 0 aliphatic rings. The first kappa shape index (κ1) is 17.0. The maximum absolute atomic E-state index is 13.0. The lowest BCUT2D eigenvalue weighted by Crippen LogP contribution is -2.27. The first-order valence-corrected chi connectivity index (χ1v) is 7.55. The molecule has 0 heterocycles. The minimum absolute atomic E-state index is 0.146. The van der Waals surface area contributed by atoms with E-state index in [1.54, 1.807) is 18.2 Å². The number of anilines is 1. The van der Waals surface area contributed by atoms with Crippen LogP contribution in [0, 0.1) is 12.7 Å². The maximum Gasteiger partial charge on any atom is 0.233 e. The van der Waals surface area contributed by atoms with Crippen LogP contribution >= 0.6 is 0 Å². The molecule has 0 aliphatic carbocycles. The van der Waals surface area contributed by atoms with Crippen molar-refractivity contribution >= 4 is 11.6 Å². The number of rotatable bonds is 6. The zero-order valence-corrected chi connectivity index (χ0v) is 13.3. The topological polar surface area (TPSA) is 64.3 Å². The monoisotopic (exact) mass is 316 g/mol. The molecule has 0 radical (unpaired) electrons. The van der Waals surface area contributed by atoms with E-state index < -0.39 is 5.92 Å². The Balaban J connectivity index is 2.14. The van der Waals surface area contributed by atoms with Crippen LogP contribution in [0.15, 0.2) is 42.5 Å². The van der Waals surface area contributed by atoms with Gasteiger partial charge >= 0.3 is 0 Å². The van der Waals surface area contributed by atoms with Crippen LogP contribution in [0.2, 0.25) is 0 Å². The van der Waals surface area contributed by atoms with Gasteiger partial charge in [-0.15, -0.1) is 0 Å². The molecule has 23 heavy (non-hydrogen) atoms. The molecule has 1 unspecified atom stereocenters. The van der Waals surface area contributed by atoms with Crippen molar-refractivity contribution in [3.63, 3.8) is 0 Å². The van der Waals surface area contributed by atoms with Crippen molar-refractivity contribution < 1.29 is 13.9 Å². The van der Waals surface area contributed by atoms with Gasteiger partial charge in [-0.2, -0.15) is 0 Å². The molecular weight excluding hydrogens is 295 g/mol. The maximum atomic E-state index is 13.0. The van der Waals surface area contributed by atoms with Crippen LogP contribution in [0.4, 0.5) is 10.1 Å². The van der Waals surface area contributed by atoms with Crippen molar-refractivity contribution in [3.05, 3.63) is 59.4 Å². The lowest BCUT2D eigenvalue weighted by molar-refractivity contribution is -0.117. The van der Waals surface area contributed by atoms with Gasteiger partial charge in [0.25, 0.3) is 0 Å². The van der Waals surface area contributed by atoms with E-state index in [2.05, 4.69) is 5.32 Å². The van der Waals surface area contributed by atoms with E-state index in [0.717, 1.165) is 11.3 Å². The Morgan fingerprint density at radius 3 is 2.52 bits per heavy atom. The molecule has 0 aliphatic heterocycles. The Morgan fingerprint density at radius 2 is 1.96 bits per heavy atom. The smallest absolute Gasteiger partial charge is 0.233 e. The summed E-state index contributed by atoms with van der Waals surface area (Å²) >= 11 is 0. The van der Waals surface area contributed by atoms with Gasteiger partial charge in [0.1, 0.15) is 11.6 Å². The Bertz CT molecular complexity index is 671. The molecule has 0 saturated heterocycles. The number of hydrogen-bond donors (Lipinski definition) is 2. The zero-order valence-electron chi connectivity index (χ0n) is 13.3. The van der Waals surface area contributed by atoms with Gasteiger partial charge in [0.2, 0.25) is 5.91 Å². The standard InChI is InChI=1S/C18H21FN2O2/c1-3-23-15-8-9-17(12(2)10-15)21-18(22)16(11-20)13-4-6-14(19)7-5-13/h4-10,16H,3,11,20H2,1-2H3,(H,21,22). The minimum Gasteiger partial charge on any atom is -0.494 e. The van der Waals surface area contributed by atoms with Crippen LogP contribution in [0.5, 0.6) is 5.75 Å². The Morgan fingerprint density at radius 1 is 1.26 bits per heavy atom. The number of amides is 1. The Kier molecular flexibility index (Phi) is 5.71. The largest absolute Gasteiger partial charge is 0.494 e.